The number of carbonyl (C=O) groups excluding carboxylic acids is 2. The predicted molar refractivity (Wildman–Crippen MR) is 68.3 cm³/mol. The number of aldehydes is 1. The number of nitrogens with zero attached hydrogens (tertiary/aromatic N) is 1. The zero-order chi connectivity index (χ0) is 15.1. The molecule has 1 aromatic carbocycles. The molecule has 1 rings (SSSR count). The second-order valence-corrected chi connectivity index (χ2v) is 3.59. The van der Waals surface area contributed by atoms with Gasteiger partial charge in [0.1, 0.15) is 6.42 Å². The molecule has 0 spiro atoms. The number of aromatic hydroxyl groups is 1. The summed E-state index contributed by atoms with van der Waals surface area (Å²) in [6.45, 7) is 1.89. The van der Waals surface area contributed by atoms with Crippen LogP contribution in [0.5, 0.6) is 5.75 Å². The first-order valence-electron chi connectivity index (χ1n) is 5.60. The molecule has 0 amide bonds. The van der Waals surface area contributed by atoms with E-state index in [1.165, 1.54) is 6.07 Å². The van der Waals surface area contributed by atoms with E-state index in [2.05, 4.69) is 16.6 Å². The van der Waals surface area contributed by atoms with Crippen LogP contribution in [0.2, 0.25) is 0 Å². The number of rotatable bonds is 4. The van der Waals surface area contributed by atoms with Crippen molar-refractivity contribution < 1.29 is 24.4 Å². The maximum absolute atomic E-state index is 11.1. The SMILES string of the molecule is CCOC(=O)CC#Cc1cc(C=O)c(O)c([N+](=O)[O-])c1. The second-order valence-electron chi connectivity index (χ2n) is 3.59. The lowest BCUT2D eigenvalue weighted by Crippen LogP contribution is -2.01. The summed E-state index contributed by atoms with van der Waals surface area (Å²) >= 11 is 0. The van der Waals surface area contributed by atoms with Crippen molar-refractivity contribution in [3.05, 3.63) is 33.4 Å². The van der Waals surface area contributed by atoms with Crippen LogP contribution < -0.4 is 0 Å². The van der Waals surface area contributed by atoms with Gasteiger partial charge in [0.15, 0.2) is 6.29 Å². The Kier molecular flexibility index (Phi) is 5.23. The van der Waals surface area contributed by atoms with Crippen LogP contribution in [0, 0.1) is 22.0 Å². The van der Waals surface area contributed by atoms with E-state index in [0.29, 0.717) is 6.29 Å². The van der Waals surface area contributed by atoms with Crippen molar-refractivity contribution in [2.75, 3.05) is 6.61 Å². The zero-order valence-corrected chi connectivity index (χ0v) is 10.6. The topological polar surface area (TPSA) is 107 Å². The molecular weight excluding hydrogens is 266 g/mol. The van der Waals surface area contributed by atoms with Crippen LogP contribution in [0.25, 0.3) is 0 Å². The lowest BCUT2D eigenvalue weighted by molar-refractivity contribution is -0.385. The van der Waals surface area contributed by atoms with Crippen molar-refractivity contribution in [3.63, 3.8) is 0 Å². The van der Waals surface area contributed by atoms with E-state index in [-0.39, 0.29) is 24.2 Å². The van der Waals surface area contributed by atoms with Gasteiger partial charge in [-0.3, -0.25) is 19.7 Å². The van der Waals surface area contributed by atoms with E-state index >= 15 is 0 Å². The van der Waals surface area contributed by atoms with Gasteiger partial charge >= 0.3 is 11.7 Å². The fourth-order valence-electron chi connectivity index (χ4n) is 1.37. The Morgan fingerprint density at radius 1 is 1.55 bits per heavy atom. The minimum atomic E-state index is -0.821. The number of hydrogen-bond acceptors (Lipinski definition) is 6. The predicted octanol–water partition coefficient (Wildman–Crippen LogP) is 1.42. The lowest BCUT2D eigenvalue weighted by atomic mass is 10.1. The molecule has 0 radical (unpaired) electrons. The molecule has 0 saturated heterocycles. The standard InChI is InChI=1S/C13H11NO6/c1-2-20-12(16)5-3-4-9-6-10(8-15)13(17)11(7-9)14(18)19/h6-8,17H,2,5H2,1H3. The van der Waals surface area contributed by atoms with Crippen molar-refractivity contribution in [1.29, 1.82) is 0 Å². The van der Waals surface area contributed by atoms with E-state index in [4.69, 9.17) is 0 Å². The van der Waals surface area contributed by atoms with Gasteiger partial charge in [-0.1, -0.05) is 11.8 Å². The molecule has 1 aromatic rings. The van der Waals surface area contributed by atoms with Gasteiger partial charge < -0.3 is 9.84 Å². The second kappa shape index (κ2) is 6.89. The van der Waals surface area contributed by atoms with Crippen LogP contribution in [0.3, 0.4) is 0 Å². The van der Waals surface area contributed by atoms with Crippen LogP contribution in [-0.4, -0.2) is 28.9 Å². The van der Waals surface area contributed by atoms with Gasteiger partial charge in [-0.05, 0) is 13.0 Å². The van der Waals surface area contributed by atoms with Crippen molar-refractivity contribution in [2.24, 2.45) is 0 Å². The Morgan fingerprint density at radius 3 is 2.80 bits per heavy atom. The Labute approximate surface area is 114 Å². The molecule has 0 aliphatic rings. The van der Waals surface area contributed by atoms with Crippen molar-refractivity contribution in [3.8, 4) is 17.6 Å². The molecule has 1 N–H and O–H groups in total. The summed E-state index contributed by atoms with van der Waals surface area (Å²) in [5.74, 6) is 3.77. The highest BCUT2D eigenvalue weighted by molar-refractivity contribution is 5.83. The normalized spacial score (nSPS) is 9.25. The summed E-state index contributed by atoms with van der Waals surface area (Å²) in [6.07, 6.45) is 0.123. The van der Waals surface area contributed by atoms with E-state index in [1.54, 1.807) is 6.92 Å². The van der Waals surface area contributed by atoms with Crippen LogP contribution >= 0.6 is 0 Å². The average Bonchev–Trinajstić information content (AvgIpc) is 2.40. The Hall–Kier alpha value is -2.88. The van der Waals surface area contributed by atoms with Crippen LogP contribution in [0.4, 0.5) is 5.69 Å². The molecule has 0 fully saturated rings. The molecule has 0 saturated carbocycles. The number of nitro groups is 1. The third-order valence-electron chi connectivity index (χ3n) is 2.21. The minimum Gasteiger partial charge on any atom is -0.502 e. The summed E-state index contributed by atoms with van der Waals surface area (Å²) in [7, 11) is 0. The van der Waals surface area contributed by atoms with Gasteiger partial charge in [0.2, 0.25) is 5.75 Å². The molecule has 7 heteroatoms. The number of carbonyl (C=O) groups is 2. The van der Waals surface area contributed by atoms with E-state index in [1.807, 2.05) is 0 Å². The largest absolute Gasteiger partial charge is 0.502 e. The van der Waals surface area contributed by atoms with Crippen LogP contribution in [-0.2, 0) is 9.53 Å². The zero-order valence-electron chi connectivity index (χ0n) is 10.6. The average molecular weight is 277 g/mol. The van der Waals surface area contributed by atoms with Crippen molar-refractivity contribution in [2.45, 2.75) is 13.3 Å². The molecule has 20 heavy (non-hydrogen) atoms. The molecule has 104 valence electrons. The number of phenols is 1. The summed E-state index contributed by atoms with van der Waals surface area (Å²) in [5.41, 5.74) is -0.699. The Balaban J connectivity index is 3.05. The highest BCUT2D eigenvalue weighted by Crippen LogP contribution is 2.29. The molecule has 0 atom stereocenters. The van der Waals surface area contributed by atoms with E-state index in [0.717, 1.165) is 6.07 Å². The smallest absolute Gasteiger partial charge is 0.317 e. The van der Waals surface area contributed by atoms with E-state index < -0.39 is 22.3 Å². The van der Waals surface area contributed by atoms with Gasteiger partial charge in [0, 0.05) is 11.6 Å². The maximum atomic E-state index is 11.1. The number of phenolic OH excluding ortho intramolecular Hbond substituents is 1. The molecule has 0 unspecified atom stereocenters. The van der Waals surface area contributed by atoms with Crippen LogP contribution in [0.15, 0.2) is 12.1 Å². The molecular formula is C13H11NO6. The summed E-state index contributed by atoms with van der Waals surface area (Å²) in [5, 5.41) is 20.2. The van der Waals surface area contributed by atoms with Gasteiger partial charge in [-0.25, -0.2) is 0 Å². The highest BCUT2D eigenvalue weighted by Gasteiger charge is 2.18. The number of esters is 1. The molecule has 0 heterocycles. The van der Waals surface area contributed by atoms with Gasteiger partial charge in [-0.2, -0.15) is 0 Å². The molecule has 0 aromatic heterocycles. The first kappa shape index (κ1) is 15.2. The highest BCUT2D eigenvalue weighted by atomic mass is 16.6. The van der Waals surface area contributed by atoms with Crippen LogP contribution in [0.1, 0.15) is 29.3 Å². The number of nitro benzene ring substituents is 1. The quantitative estimate of drug-likeness (QED) is 0.293. The third kappa shape index (κ3) is 3.81. The van der Waals surface area contributed by atoms with Gasteiger partial charge in [-0.15, -0.1) is 0 Å². The Bertz CT molecular complexity index is 611. The fraction of sp³-hybridized carbons (Fsp3) is 0.231. The summed E-state index contributed by atoms with van der Waals surface area (Å²) in [6, 6.07) is 2.23. The number of benzene rings is 1. The number of ether oxygens (including phenoxy) is 1. The minimum absolute atomic E-state index is 0.154. The Morgan fingerprint density at radius 2 is 2.25 bits per heavy atom. The molecule has 0 aliphatic carbocycles. The van der Waals surface area contributed by atoms with Crippen molar-refractivity contribution in [1.82, 2.24) is 0 Å². The first-order chi connectivity index (χ1) is 9.49. The van der Waals surface area contributed by atoms with E-state index in [9.17, 15) is 24.8 Å². The van der Waals surface area contributed by atoms with Crippen molar-refractivity contribution >= 4 is 17.9 Å². The molecule has 0 aliphatic heterocycles. The third-order valence-corrected chi connectivity index (χ3v) is 2.21. The molecule has 0 bridgehead atoms. The summed E-state index contributed by atoms with van der Waals surface area (Å²) in [4.78, 5) is 31.7. The number of hydrogen-bond donors (Lipinski definition) is 1. The van der Waals surface area contributed by atoms with Gasteiger partial charge in [0.25, 0.3) is 0 Å². The van der Waals surface area contributed by atoms with Gasteiger partial charge in [0.05, 0.1) is 17.1 Å². The summed E-state index contributed by atoms with van der Waals surface area (Å²) < 4.78 is 4.66. The molecule has 7 nitrogen and oxygen atoms in total. The first-order valence-corrected chi connectivity index (χ1v) is 5.60. The maximum Gasteiger partial charge on any atom is 0.317 e. The monoisotopic (exact) mass is 277 g/mol. The fourth-order valence-corrected chi connectivity index (χ4v) is 1.37. The lowest BCUT2D eigenvalue weighted by Gasteiger charge is -2.00.